The molecule has 0 atom stereocenters. The van der Waals surface area contributed by atoms with Crippen molar-refractivity contribution in [2.75, 3.05) is 21.3 Å². The van der Waals surface area contributed by atoms with E-state index in [0.29, 0.717) is 29.5 Å². The Hall–Kier alpha value is -2.70. The molecule has 0 saturated heterocycles. The Morgan fingerprint density at radius 3 is 2.23 bits per heavy atom. The summed E-state index contributed by atoms with van der Waals surface area (Å²) in [6.45, 7) is 2.16. The molecule has 7 nitrogen and oxygen atoms in total. The summed E-state index contributed by atoms with van der Waals surface area (Å²) in [6.07, 6.45) is 0. The Balaban J connectivity index is 2.14. The van der Waals surface area contributed by atoms with Crippen LogP contribution >= 0.6 is 0 Å². The van der Waals surface area contributed by atoms with Gasteiger partial charge in [-0.05, 0) is 30.7 Å². The molecule has 2 N–H and O–H groups in total. The Labute approximate surface area is 128 Å². The smallest absolute Gasteiger partial charge is 0.272 e. The van der Waals surface area contributed by atoms with Crippen molar-refractivity contribution >= 4 is 5.91 Å². The summed E-state index contributed by atoms with van der Waals surface area (Å²) in [6, 6.07) is 5.26. The van der Waals surface area contributed by atoms with Gasteiger partial charge >= 0.3 is 0 Å². The van der Waals surface area contributed by atoms with Gasteiger partial charge in [0.25, 0.3) is 5.91 Å². The van der Waals surface area contributed by atoms with Gasteiger partial charge in [-0.2, -0.15) is 5.10 Å². The van der Waals surface area contributed by atoms with E-state index in [1.807, 2.05) is 6.92 Å². The number of carbonyl (C=O) groups excluding carboxylic acids is 1. The lowest BCUT2D eigenvalue weighted by Gasteiger charge is -2.14. The number of aromatic nitrogens is 2. The number of aryl methyl sites for hydroxylation is 1. The number of carbonyl (C=O) groups is 1. The van der Waals surface area contributed by atoms with E-state index in [-0.39, 0.29) is 5.91 Å². The Kier molecular flexibility index (Phi) is 4.88. The Morgan fingerprint density at radius 2 is 1.77 bits per heavy atom. The second kappa shape index (κ2) is 6.84. The maximum Gasteiger partial charge on any atom is 0.272 e. The van der Waals surface area contributed by atoms with Crippen molar-refractivity contribution in [3.05, 3.63) is 35.2 Å². The zero-order valence-electron chi connectivity index (χ0n) is 13.0. The van der Waals surface area contributed by atoms with Crippen LogP contribution in [0.25, 0.3) is 0 Å². The van der Waals surface area contributed by atoms with Crippen molar-refractivity contribution in [1.29, 1.82) is 0 Å². The maximum atomic E-state index is 12.0. The van der Waals surface area contributed by atoms with Crippen LogP contribution in [0.15, 0.2) is 18.2 Å². The summed E-state index contributed by atoms with van der Waals surface area (Å²) in [7, 11) is 4.64. The lowest BCUT2D eigenvalue weighted by atomic mass is 10.1. The van der Waals surface area contributed by atoms with Crippen molar-refractivity contribution in [2.45, 2.75) is 13.5 Å². The lowest BCUT2D eigenvalue weighted by molar-refractivity contribution is 0.0946. The van der Waals surface area contributed by atoms with Gasteiger partial charge in [-0.25, -0.2) is 0 Å². The van der Waals surface area contributed by atoms with E-state index in [4.69, 9.17) is 14.2 Å². The molecule has 0 aliphatic rings. The highest BCUT2D eigenvalue weighted by Crippen LogP contribution is 2.38. The van der Waals surface area contributed by atoms with E-state index >= 15 is 0 Å². The van der Waals surface area contributed by atoms with Gasteiger partial charge in [0.05, 0.1) is 21.3 Å². The third kappa shape index (κ3) is 3.30. The molecule has 0 aliphatic heterocycles. The molecule has 0 spiro atoms. The molecule has 2 rings (SSSR count). The van der Waals surface area contributed by atoms with E-state index < -0.39 is 0 Å². The molecular formula is C15H19N3O4. The highest BCUT2D eigenvalue weighted by molar-refractivity contribution is 5.92. The predicted molar refractivity (Wildman–Crippen MR) is 80.6 cm³/mol. The van der Waals surface area contributed by atoms with Crippen molar-refractivity contribution in [3.8, 4) is 17.2 Å². The number of hydrogen-bond donors (Lipinski definition) is 2. The molecule has 0 unspecified atom stereocenters. The summed E-state index contributed by atoms with van der Waals surface area (Å²) < 4.78 is 15.8. The number of nitrogens with zero attached hydrogens (tertiary/aromatic N) is 1. The van der Waals surface area contributed by atoms with Crippen molar-refractivity contribution in [2.24, 2.45) is 0 Å². The SMILES string of the molecule is COc1cc(CNC(=O)c2cc(C)[nH]n2)cc(OC)c1OC. The van der Waals surface area contributed by atoms with Gasteiger partial charge in [0.2, 0.25) is 5.75 Å². The van der Waals surface area contributed by atoms with Crippen LogP contribution in [0.2, 0.25) is 0 Å². The molecular weight excluding hydrogens is 286 g/mol. The first-order chi connectivity index (χ1) is 10.6. The zero-order valence-corrected chi connectivity index (χ0v) is 13.0. The number of nitrogens with one attached hydrogen (secondary N) is 2. The zero-order chi connectivity index (χ0) is 16.1. The van der Waals surface area contributed by atoms with Gasteiger partial charge in [0.15, 0.2) is 11.5 Å². The fourth-order valence-corrected chi connectivity index (χ4v) is 2.04. The van der Waals surface area contributed by atoms with Gasteiger partial charge in [-0.15, -0.1) is 0 Å². The van der Waals surface area contributed by atoms with E-state index in [1.165, 1.54) is 0 Å². The minimum atomic E-state index is -0.252. The van der Waals surface area contributed by atoms with Gasteiger partial charge in [-0.3, -0.25) is 9.89 Å². The summed E-state index contributed by atoms with van der Waals surface area (Å²) in [5.74, 6) is 1.35. The molecule has 118 valence electrons. The second-order valence-electron chi connectivity index (χ2n) is 4.65. The first-order valence-electron chi connectivity index (χ1n) is 6.68. The standard InChI is InChI=1S/C15H19N3O4/c1-9-5-11(18-17-9)15(19)16-8-10-6-12(20-2)14(22-4)13(7-10)21-3/h5-7H,8H2,1-4H3,(H,16,19)(H,17,18). The fraction of sp³-hybridized carbons (Fsp3) is 0.333. The molecule has 1 amide bonds. The molecule has 22 heavy (non-hydrogen) atoms. The van der Waals surface area contributed by atoms with E-state index in [2.05, 4.69) is 15.5 Å². The fourth-order valence-electron chi connectivity index (χ4n) is 2.04. The molecule has 0 aliphatic carbocycles. The predicted octanol–water partition coefficient (Wildman–Crippen LogP) is 1.67. The van der Waals surface area contributed by atoms with Crippen LogP contribution in [0.1, 0.15) is 21.7 Å². The highest BCUT2D eigenvalue weighted by Gasteiger charge is 2.14. The number of ether oxygens (including phenoxy) is 3. The molecule has 1 aromatic carbocycles. The van der Waals surface area contributed by atoms with Gasteiger partial charge < -0.3 is 19.5 Å². The number of benzene rings is 1. The van der Waals surface area contributed by atoms with Crippen LogP contribution in [-0.2, 0) is 6.54 Å². The van der Waals surface area contributed by atoms with E-state index in [0.717, 1.165) is 11.3 Å². The summed E-state index contributed by atoms with van der Waals surface area (Å²) in [5, 5.41) is 9.44. The Bertz CT molecular complexity index is 642. The molecule has 0 fully saturated rings. The Morgan fingerprint density at radius 1 is 1.14 bits per heavy atom. The van der Waals surface area contributed by atoms with Crippen LogP contribution in [0, 0.1) is 6.92 Å². The monoisotopic (exact) mass is 305 g/mol. The second-order valence-corrected chi connectivity index (χ2v) is 4.65. The number of hydrogen-bond acceptors (Lipinski definition) is 5. The van der Waals surface area contributed by atoms with E-state index in [9.17, 15) is 4.79 Å². The van der Waals surface area contributed by atoms with Crippen LogP contribution < -0.4 is 19.5 Å². The third-order valence-electron chi connectivity index (χ3n) is 3.12. The molecule has 0 bridgehead atoms. The quantitative estimate of drug-likeness (QED) is 0.848. The van der Waals surface area contributed by atoms with Crippen molar-refractivity contribution in [3.63, 3.8) is 0 Å². The summed E-state index contributed by atoms with van der Waals surface area (Å²) in [4.78, 5) is 12.0. The van der Waals surface area contributed by atoms with Gasteiger partial charge in [0, 0.05) is 12.2 Å². The number of rotatable bonds is 6. The van der Waals surface area contributed by atoms with Crippen LogP contribution in [-0.4, -0.2) is 37.4 Å². The number of H-pyrrole nitrogens is 1. The maximum absolute atomic E-state index is 12.0. The minimum Gasteiger partial charge on any atom is -0.493 e. The van der Waals surface area contributed by atoms with Crippen LogP contribution in [0.5, 0.6) is 17.2 Å². The lowest BCUT2D eigenvalue weighted by Crippen LogP contribution is -2.23. The molecule has 7 heteroatoms. The third-order valence-corrected chi connectivity index (χ3v) is 3.12. The van der Waals surface area contributed by atoms with Crippen LogP contribution in [0.3, 0.4) is 0 Å². The normalized spacial score (nSPS) is 10.2. The molecule has 1 aromatic heterocycles. The topological polar surface area (TPSA) is 85.5 Å². The first-order valence-corrected chi connectivity index (χ1v) is 6.68. The minimum absolute atomic E-state index is 0.252. The average molecular weight is 305 g/mol. The highest BCUT2D eigenvalue weighted by atomic mass is 16.5. The van der Waals surface area contributed by atoms with Gasteiger partial charge in [-0.1, -0.05) is 0 Å². The van der Waals surface area contributed by atoms with Gasteiger partial charge in [0.1, 0.15) is 5.69 Å². The molecule has 0 saturated carbocycles. The molecule has 2 aromatic rings. The van der Waals surface area contributed by atoms with Crippen LogP contribution in [0.4, 0.5) is 0 Å². The van der Waals surface area contributed by atoms with E-state index in [1.54, 1.807) is 39.5 Å². The van der Waals surface area contributed by atoms with Crippen molar-refractivity contribution in [1.82, 2.24) is 15.5 Å². The molecule has 1 heterocycles. The van der Waals surface area contributed by atoms with Crippen molar-refractivity contribution < 1.29 is 19.0 Å². The average Bonchev–Trinajstić information content (AvgIpc) is 2.97. The number of methoxy groups -OCH3 is 3. The number of amides is 1. The number of aromatic amines is 1. The molecule has 0 radical (unpaired) electrons. The summed E-state index contributed by atoms with van der Waals surface area (Å²) >= 11 is 0. The summed E-state index contributed by atoms with van der Waals surface area (Å²) in [5.41, 5.74) is 2.01. The first kappa shape index (κ1) is 15.7. The largest absolute Gasteiger partial charge is 0.493 e.